The van der Waals surface area contributed by atoms with Crippen LogP contribution in [0.15, 0.2) is 16.5 Å². The maximum atomic E-state index is 12.5. The number of rotatable bonds is 3. The number of hydrogen-bond acceptors (Lipinski definition) is 6. The van der Waals surface area contributed by atoms with Crippen LogP contribution in [-0.2, 0) is 11.2 Å². The summed E-state index contributed by atoms with van der Waals surface area (Å²) in [5.74, 6) is 1.76. The number of likely N-dealkylation sites (tertiary alicyclic amines) is 1. The van der Waals surface area contributed by atoms with Crippen LogP contribution in [0.4, 0.5) is 0 Å². The number of carbonyl (C=O) groups is 1. The summed E-state index contributed by atoms with van der Waals surface area (Å²) in [4.78, 5) is 16.4. The second kappa shape index (κ2) is 5.72. The minimum atomic E-state index is 0.117. The lowest BCUT2D eigenvalue weighted by Crippen LogP contribution is -2.31. The number of nitrogens with zero attached hydrogens (tertiary/aromatic N) is 3. The molecule has 0 radical (unpaired) electrons. The number of aromatic nitrogens is 2. The maximum Gasteiger partial charge on any atom is 0.264 e. The summed E-state index contributed by atoms with van der Waals surface area (Å²) in [6.07, 6.45) is 1.85. The van der Waals surface area contributed by atoms with Gasteiger partial charge in [0.1, 0.15) is 0 Å². The Kier molecular flexibility index (Phi) is 3.69. The molecule has 2 fully saturated rings. The molecule has 2 aliphatic rings. The Balaban J connectivity index is 1.35. The van der Waals surface area contributed by atoms with Crippen LogP contribution in [0.2, 0.25) is 0 Å². The van der Waals surface area contributed by atoms with Gasteiger partial charge in [0, 0.05) is 30.8 Å². The quantitative estimate of drug-likeness (QED) is 0.861. The molecule has 0 aliphatic carbocycles. The van der Waals surface area contributed by atoms with Gasteiger partial charge in [-0.15, -0.1) is 21.5 Å². The molecule has 0 saturated carbocycles. The summed E-state index contributed by atoms with van der Waals surface area (Å²) in [5, 5.41) is 7.88. The van der Waals surface area contributed by atoms with Crippen LogP contribution in [-0.4, -0.2) is 46.3 Å². The normalized spacial score (nSPS) is 26.7. The van der Waals surface area contributed by atoms with Crippen molar-refractivity contribution < 1.29 is 13.9 Å². The van der Waals surface area contributed by atoms with Gasteiger partial charge in [0.05, 0.1) is 23.5 Å². The molecule has 2 aromatic heterocycles. The van der Waals surface area contributed by atoms with Crippen molar-refractivity contribution in [3.8, 4) is 0 Å². The van der Waals surface area contributed by atoms with E-state index in [0.717, 1.165) is 17.8 Å². The predicted molar refractivity (Wildman–Crippen MR) is 84.5 cm³/mol. The fourth-order valence-electron chi connectivity index (χ4n) is 3.48. The Hall–Kier alpha value is -1.73. The molecule has 4 heterocycles. The summed E-state index contributed by atoms with van der Waals surface area (Å²) in [7, 11) is 0. The minimum absolute atomic E-state index is 0.117. The fourth-order valence-corrected chi connectivity index (χ4v) is 4.32. The van der Waals surface area contributed by atoms with Crippen LogP contribution < -0.4 is 0 Å². The summed E-state index contributed by atoms with van der Waals surface area (Å²) >= 11 is 1.56. The molecule has 2 aliphatic heterocycles. The number of ether oxygens (including phenoxy) is 1. The first-order valence-corrected chi connectivity index (χ1v) is 8.70. The third kappa shape index (κ3) is 2.90. The zero-order chi connectivity index (χ0) is 16.0. The molecule has 2 aromatic rings. The Morgan fingerprint density at radius 3 is 2.87 bits per heavy atom. The van der Waals surface area contributed by atoms with Crippen molar-refractivity contribution in [2.45, 2.75) is 38.9 Å². The second-order valence-corrected chi connectivity index (χ2v) is 7.62. The van der Waals surface area contributed by atoms with E-state index in [9.17, 15) is 4.79 Å². The SMILES string of the molecule is Cc1nnc(C[C@@H]2C[C@H]3CN(C(=O)c4ccc(C)s4)C[C@H]3O2)o1. The van der Waals surface area contributed by atoms with Crippen molar-refractivity contribution >= 4 is 17.2 Å². The van der Waals surface area contributed by atoms with Gasteiger partial charge in [-0.2, -0.15) is 0 Å². The number of fused-ring (bicyclic) bond motifs is 1. The molecule has 0 spiro atoms. The van der Waals surface area contributed by atoms with E-state index in [1.54, 1.807) is 18.3 Å². The van der Waals surface area contributed by atoms with Crippen LogP contribution in [0.5, 0.6) is 0 Å². The molecular weight excluding hydrogens is 314 g/mol. The average molecular weight is 333 g/mol. The summed E-state index contributed by atoms with van der Waals surface area (Å²) < 4.78 is 11.5. The van der Waals surface area contributed by atoms with Crippen LogP contribution in [0.1, 0.15) is 32.8 Å². The van der Waals surface area contributed by atoms with E-state index in [1.807, 2.05) is 24.0 Å². The molecule has 4 rings (SSSR count). The van der Waals surface area contributed by atoms with Gasteiger partial charge < -0.3 is 14.1 Å². The number of amides is 1. The van der Waals surface area contributed by atoms with Crippen molar-refractivity contribution in [2.75, 3.05) is 13.1 Å². The van der Waals surface area contributed by atoms with Crippen LogP contribution >= 0.6 is 11.3 Å². The molecular formula is C16H19N3O3S. The molecule has 23 heavy (non-hydrogen) atoms. The summed E-state index contributed by atoms with van der Waals surface area (Å²) in [5.41, 5.74) is 0. The molecule has 7 heteroatoms. The highest BCUT2D eigenvalue weighted by molar-refractivity contribution is 7.13. The predicted octanol–water partition coefficient (Wildman–Crippen LogP) is 2.22. The largest absolute Gasteiger partial charge is 0.426 e. The van der Waals surface area contributed by atoms with Gasteiger partial charge in [-0.1, -0.05) is 0 Å². The number of thiophene rings is 1. The molecule has 2 saturated heterocycles. The van der Waals surface area contributed by atoms with Gasteiger partial charge in [0.25, 0.3) is 5.91 Å². The van der Waals surface area contributed by atoms with Crippen molar-refractivity contribution in [3.63, 3.8) is 0 Å². The van der Waals surface area contributed by atoms with Gasteiger partial charge in [-0.05, 0) is 25.5 Å². The van der Waals surface area contributed by atoms with Crippen molar-refractivity contribution in [3.05, 3.63) is 33.7 Å². The summed E-state index contributed by atoms with van der Waals surface area (Å²) in [6.45, 7) is 5.27. The standard InChI is InChI=1S/C16H19N3O3S/c1-9-3-4-14(23-9)16(20)19-7-11-5-12(22-13(11)8-19)6-15-18-17-10(2)21-15/h3-4,11-13H,5-8H2,1-2H3/t11-,12-,13+/m0/s1. The van der Waals surface area contributed by atoms with Crippen LogP contribution in [0, 0.1) is 19.8 Å². The lowest BCUT2D eigenvalue weighted by Gasteiger charge is -2.18. The van der Waals surface area contributed by atoms with Crippen LogP contribution in [0.25, 0.3) is 0 Å². The van der Waals surface area contributed by atoms with E-state index >= 15 is 0 Å². The third-order valence-corrected chi connectivity index (χ3v) is 5.51. The van der Waals surface area contributed by atoms with Gasteiger partial charge >= 0.3 is 0 Å². The van der Waals surface area contributed by atoms with E-state index in [1.165, 1.54) is 4.88 Å². The molecule has 0 bridgehead atoms. The molecule has 3 atom stereocenters. The van der Waals surface area contributed by atoms with Gasteiger partial charge in [-0.25, -0.2) is 0 Å². The smallest absolute Gasteiger partial charge is 0.264 e. The Bertz CT molecular complexity index is 712. The Morgan fingerprint density at radius 1 is 1.35 bits per heavy atom. The highest BCUT2D eigenvalue weighted by Crippen LogP contribution is 2.35. The van der Waals surface area contributed by atoms with E-state index in [4.69, 9.17) is 9.15 Å². The maximum absolute atomic E-state index is 12.5. The van der Waals surface area contributed by atoms with Crippen molar-refractivity contribution in [1.82, 2.24) is 15.1 Å². The first kappa shape index (κ1) is 14.8. The monoisotopic (exact) mass is 333 g/mol. The molecule has 6 nitrogen and oxygen atoms in total. The van der Waals surface area contributed by atoms with Gasteiger partial charge in [0.2, 0.25) is 11.8 Å². The zero-order valence-electron chi connectivity index (χ0n) is 13.2. The zero-order valence-corrected chi connectivity index (χ0v) is 14.0. The Labute approximate surface area is 138 Å². The minimum Gasteiger partial charge on any atom is -0.426 e. The molecule has 0 N–H and O–H groups in total. The molecule has 0 aromatic carbocycles. The van der Waals surface area contributed by atoms with Crippen molar-refractivity contribution in [2.24, 2.45) is 5.92 Å². The van der Waals surface area contributed by atoms with E-state index in [0.29, 0.717) is 30.7 Å². The highest BCUT2D eigenvalue weighted by atomic mass is 32.1. The molecule has 1 amide bonds. The van der Waals surface area contributed by atoms with Gasteiger partial charge in [-0.3, -0.25) is 4.79 Å². The first-order chi connectivity index (χ1) is 11.1. The van der Waals surface area contributed by atoms with Gasteiger partial charge in [0.15, 0.2) is 0 Å². The third-order valence-electron chi connectivity index (χ3n) is 4.52. The average Bonchev–Trinajstić information content (AvgIpc) is 3.23. The van der Waals surface area contributed by atoms with E-state index in [-0.39, 0.29) is 18.1 Å². The molecule has 0 unspecified atom stereocenters. The summed E-state index contributed by atoms with van der Waals surface area (Å²) in [6, 6.07) is 3.91. The number of aryl methyl sites for hydroxylation is 2. The van der Waals surface area contributed by atoms with Crippen molar-refractivity contribution in [1.29, 1.82) is 0 Å². The lowest BCUT2D eigenvalue weighted by atomic mass is 10.0. The number of carbonyl (C=O) groups excluding carboxylic acids is 1. The van der Waals surface area contributed by atoms with E-state index < -0.39 is 0 Å². The van der Waals surface area contributed by atoms with Crippen LogP contribution in [0.3, 0.4) is 0 Å². The Morgan fingerprint density at radius 2 is 2.22 bits per heavy atom. The second-order valence-electron chi connectivity index (χ2n) is 6.33. The lowest BCUT2D eigenvalue weighted by molar-refractivity contribution is 0.0337. The topological polar surface area (TPSA) is 68.5 Å². The first-order valence-electron chi connectivity index (χ1n) is 7.88. The fraction of sp³-hybridized carbons (Fsp3) is 0.562. The highest BCUT2D eigenvalue weighted by Gasteiger charge is 2.44. The number of hydrogen-bond donors (Lipinski definition) is 0. The van der Waals surface area contributed by atoms with E-state index in [2.05, 4.69) is 10.2 Å². The molecule has 122 valence electrons.